The molecule has 0 unspecified atom stereocenters. The molecule has 4 nitrogen and oxygen atoms in total. The van der Waals surface area contributed by atoms with Gasteiger partial charge in [0, 0.05) is 18.8 Å². The second-order valence-corrected chi connectivity index (χ2v) is 5.66. The maximum absolute atomic E-state index is 13.3. The van der Waals surface area contributed by atoms with Crippen LogP contribution >= 0.6 is 0 Å². The summed E-state index contributed by atoms with van der Waals surface area (Å²) in [5, 5.41) is 2.69. The van der Waals surface area contributed by atoms with Crippen LogP contribution in [0.4, 0.5) is 14.5 Å². The Balaban J connectivity index is 1.62. The number of halogens is 2. The van der Waals surface area contributed by atoms with Crippen LogP contribution in [0.15, 0.2) is 48.5 Å². The van der Waals surface area contributed by atoms with Gasteiger partial charge in [0.25, 0.3) is 0 Å². The lowest BCUT2D eigenvalue weighted by atomic mass is 10.1. The Labute approximate surface area is 138 Å². The average molecular weight is 330 g/mol. The van der Waals surface area contributed by atoms with Gasteiger partial charge >= 0.3 is 0 Å². The standard InChI is InChI=1S/C18H16F2N2O2/c19-13-6-4-12(5-7-13)11-21-17(23)16-8-9-22(18(16)24)15-3-1-2-14(20)10-15/h1-7,10,16H,8-9,11H2,(H,21,23)/t16-/m1/s1. The summed E-state index contributed by atoms with van der Waals surface area (Å²) in [5.74, 6) is -2.26. The van der Waals surface area contributed by atoms with Crippen molar-refractivity contribution in [3.63, 3.8) is 0 Å². The minimum atomic E-state index is -0.784. The first-order valence-corrected chi connectivity index (χ1v) is 7.64. The lowest BCUT2D eigenvalue weighted by Crippen LogP contribution is -2.36. The molecule has 0 saturated carbocycles. The van der Waals surface area contributed by atoms with E-state index in [0.717, 1.165) is 5.56 Å². The highest BCUT2D eigenvalue weighted by molar-refractivity contribution is 6.09. The molecule has 0 aromatic heterocycles. The molecule has 6 heteroatoms. The van der Waals surface area contributed by atoms with E-state index >= 15 is 0 Å². The largest absolute Gasteiger partial charge is 0.351 e. The van der Waals surface area contributed by atoms with Crippen LogP contribution in [0, 0.1) is 17.6 Å². The third-order valence-electron chi connectivity index (χ3n) is 4.02. The predicted molar refractivity (Wildman–Crippen MR) is 85.1 cm³/mol. The molecule has 3 rings (SSSR count). The summed E-state index contributed by atoms with van der Waals surface area (Å²) in [6.07, 6.45) is 0.380. The SMILES string of the molecule is O=C(NCc1ccc(F)cc1)[C@H]1CCN(c2cccc(F)c2)C1=O. The van der Waals surface area contributed by atoms with Crippen molar-refractivity contribution in [2.24, 2.45) is 5.92 Å². The van der Waals surface area contributed by atoms with Crippen molar-refractivity contribution in [1.29, 1.82) is 0 Å². The van der Waals surface area contributed by atoms with Gasteiger partial charge in [-0.05, 0) is 42.3 Å². The van der Waals surface area contributed by atoms with Gasteiger partial charge in [-0.25, -0.2) is 8.78 Å². The Morgan fingerprint density at radius 2 is 1.88 bits per heavy atom. The molecule has 0 bridgehead atoms. The van der Waals surface area contributed by atoms with Gasteiger partial charge in [0.1, 0.15) is 17.6 Å². The van der Waals surface area contributed by atoms with Crippen molar-refractivity contribution in [3.8, 4) is 0 Å². The third-order valence-corrected chi connectivity index (χ3v) is 4.02. The van der Waals surface area contributed by atoms with Crippen molar-refractivity contribution >= 4 is 17.5 Å². The molecule has 1 fully saturated rings. The number of nitrogens with zero attached hydrogens (tertiary/aromatic N) is 1. The summed E-state index contributed by atoms with van der Waals surface area (Å²) in [4.78, 5) is 26.1. The van der Waals surface area contributed by atoms with Gasteiger partial charge < -0.3 is 10.2 Å². The highest BCUT2D eigenvalue weighted by Crippen LogP contribution is 2.25. The van der Waals surface area contributed by atoms with E-state index in [2.05, 4.69) is 5.32 Å². The molecule has 0 radical (unpaired) electrons. The van der Waals surface area contributed by atoms with Crippen LogP contribution in [0.3, 0.4) is 0 Å². The number of rotatable bonds is 4. The number of carbonyl (C=O) groups excluding carboxylic acids is 2. The van der Waals surface area contributed by atoms with Crippen molar-refractivity contribution in [1.82, 2.24) is 5.32 Å². The zero-order valence-corrected chi connectivity index (χ0v) is 12.8. The zero-order chi connectivity index (χ0) is 17.1. The molecule has 1 N–H and O–H groups in total. The number of nitrogens with one attached hydrogen (secondary N) is 1. The van der Waals surface area contributed by atoms with Gasteiger partial charge in [0.15, 0.2) is 0 Å². The molecule has 24 heavy (non-hydrogen) atoms. The Morgan fingerprint density at radius 1 is 1.12 bits per heavy atom. The maximum atomic E-state index is 13.3. The number of hydrogen-bond acceptors (Lipinski definition) is 2. The smallest absolute Gasteiger partial charge is 0.239 e. The van der Waals surface area contributed by atoms with Crippen LogP contribution in [0.1, 0.15) is 12.0 Å². The third kappa shape index (κ3) is 3.42. The van der Waals surface area contributed by atoms with Gasteiger partial charge in [0.2, 0.25) is 11.8 Å². The van der Waals surface area contributed by atoms with E-state index in [1.165, 1.54) is 35.2 Å². The Hall–Kier alpha value is -2.76. The van der Waals surface area contributed by atoms with E-state index in [-0.39, 0.29) is 24.2 Å². The number of benzene rings is 2. The molecule has 2 aromatic rings. The van der Waals surface area contributed by atoms with Crippen LogP contribution in [-0.4, -0.2) is 18.4 Å². The number of anilines is 1. The molecular formula is C18H16F2N2O2. The second kappa shape index (κ2) is 6.78. The molecular weight excluding hydrogens is 314 g/mol. The number of amides is 2. The minimum absolute atomic E-state index is 0.225. The first-order chi connectivity index (χ1) is 11.5. The zero-order valence-electron chi connectivity index (χ0n) is 12.8. The van der Waals surface area contributed by atoms with Crippen LogP contribution in [0.2, 0.25) is 0 Å². The van der Waals surface area contributed by atoms with Crippen LogP contribution in [-0.2, 0) is 16.1 Å². The van der Waals surface area contributed by atoms with E-state index in [1.807, 2.05) is 0 Å². The van der Waals surface area contributed by atoms with Crippen LogP contribution < -0.4 is 10.2 Å². The molecule has 0 aliphatic carbocycles. The summed E-state index contributed by atoms with van der Waals surface area (Å²) in [6.45, 7) is 0.597. The van der Waals surface area contributed by atoms with E-state index in [9.17, 15) is 18.4 Å². The van der Waals surface area contributed by atoms with E-state index in [0.29, 0.717) is 18.7 Å². The Morgan fingerprint density at radius 3 is 2.58 bits per heavy atom. The van der Waals surface area contributed by atoms with Gasteiger partial charge in [-0.15, -0.1) is 0 Å². The summed E-state index contributed by atoms with van der Waals surface area (Å²) in [7, 11) is 0. The molecule has 2 aromatic carbocycles. The maximum Gasteiger partial charge on any atom is 0.239 e. The Bertz CT molecular complexity index is 762. The van der Waals surface area contributed by atoms with Crippen molar-refractivity contribution < 1.29 is 18.4 Å². The normalized spacial score (nSPS) is 17.2. The lowest BCUT2D eigenvalue weighted by Gasteiger charge is -2.16. The summed E-state index contributed by atoms with van der Waals surface area (Å²) < 4.78 is 26.1. The number of carbonyl (C=O) groups is 2. The summed E-state index contributed by atoms with van der Waals surface area (Å²) in [5.41, 5.74) is 1.20. The second-order valence-electron chi connectivity index (χ2n) is 5.66. The number of hydrogen-bond donors (Lipinski definition) is 1. The first kappa shape index (κ1) is 16.1. The van der Waals surface area contributed by atoms with Crippen molar-refractivity contribution in [2.45, 2.75) is 13.0 Å². The molecule has 1 heterocycles. The van der Waals surface area contributed by atoms with Gasteiger partial charge in [-0.3, -0.25) is 9.59 Å². The van der Waals surface area contributed by atoms with Crippen LogP contribution in [0.25, 0.3) is 0 Å². The molecule has 1 aliphatic heterocycles. The van der Waals surface area contributed by atoms with Crippen LogP contribution in [0.5, 0.6) is 0 Å². The first-order valence-electron chi connectivity index (χ1n) is 7.64. The molecule has 1 saturated heterocycles. The topological polar surface area (TPSA) is 49.4 Å². The molecule has 2 amide bonds. The molecule has 124 valence electrons. The fourth-order valence-electron chi connectivity index (χ4n) is 2.74. The highest BCUT2D eigenvalue weighted by atomic mass is 19.1. The van der Waals surface area contributed by atoms with Crippen molar-refractivity contribution in [3.05, 3.63) is 65.7 Å². The van der Waals surface area contributed by atoms with E-state index < -0.39 is 11.7 Å². The molecule has 1 aliphatic rings. The molecule has 1 atom stereocenters. The van der Waals surface area contributed by atoms with E-state index in [1.54, 1.807) is 18.2 Å². The fourth-order valence-corrected chi connectivity index (χ4v) is 2.74. The monoisotopic (exact) mass is 330 g/mol. The lowest BCUT2D eigenvalue weighted by molar-refractivity contribution is -0.132. The fraction of sp³-hybridized carbons (Fsp3) is 0.222. The highest BCUT2D eigenvalue weighted by Gasteiger charge is 2.37. The molecule has 0 spiro atoms. The van der Waals surface area contributed by atoms with Crippen molar-refractivity contribution in [2.75, 3.05) is 11.4 Å². The average Bonchev–Trinajstić information content (AvgIpc) is 2.96. The predicted octanol–water partition coefficient (Wildman–Crippen LogP) is 2.63. The quantitative estimate of drug-likeness (QED) is 0.876. The minimum Gasteiger partial charge on any atom is -0.351 e. The van der Waals surface area contributed by atoms with Gasteiger partial charge in [0.05, 0.1) is 0 Å². The summed E-state index contributed by atoms with van der Waals surface area (Å²) >= 11 is 0. The van der Waals surface area contributed by atoms with E-state index in [4.69, 9.17) is 0 Å². The van der Waals surface area contributed by atoms with Gasteiger partial charge in [-0.2, -0.15) is 0 Å². The van der Waals surface area contributed by atoms with Gasteiger partial charge in [-0.1, -0.05) is 18.2 Å². The Kier molecular flexibility index (Phi) is 4.55. The summed E-state index contributed by atoms with van der Waals surface area (Å²) in [6, 6.07) is 11.5.